The van der Waals surface area contributed by atoms with Crippen LogP contribution in [0.2, 0.25) is 0 Å². The molecule has 0 bridgehead atoms. The van der Waals surface area contributed by atoms with Crippen molar-refractivity contribution in [1.29, 1.82) is 0 Å². The first-order chi connectivity index (χ1) is 14.6. The van der Waals surface area contributed by atoms with Gasteiger partial charge in [-0.05, 0) is 71.0 Å². The maximum atomic E-state index is 12.8. The number of aryl methyl sites for hydroxylation is 1. The van der Waals surface area contributed by atoms with E-state index >= 15 is 0 Å². The molecular weight excluding hydrogens is 350 g/mol. The minimum absolute atomic E-state index is 0.00196. The fourth-order valence-electron chi connectivity index (χ4n) is 3.70. The summed E-state index contributed by atoms with van der Waals surface area (Å²) in [6, 6.07) is 11.2. The Balaban J connectivity index is 1.84. The van der Waals surface area contributed by atoms with E-state index in [9.17, 15) is 9.59 Å². The first-order valence-electron chi connectivity index (χ1n) is 11.4. The molecular formula is C24H29NO3. The SMILES string of the molecule is [2H]C([2H])(C(=O)O)C([2H])([2H])c1ccc(C(=O)Nc2ccc3c(c2)C(C)(C)CCC3(C)C)cc1. The Labute approximate surface area is 172 Å². The number of hydrogen-bond donors (Lipinski definition) is 2. The summed E-state index contributed by atoms with van der Waals surface area (Å²) in [4.78, 5) is 23.9. The van der Waals surface area contributed by atoms with Crippen LogP contribution < -0.4 is 5.32 Å². The van der Waals surface area contributed by atoms with Gasteiger partial charge in [0.15, 0.2) is 0 Å². The number of carboxylic acids is 1. The number of nitrogens with one attached hydrogen (secondary N) is 1. The van der Waals surface area contributed by atoms with Crippen LogP contribution in [0.1, 0.15) is 79.4 Å². The number of aliphatic carboxylic acids is 1. The normalized spacial score (nSPS) is 20.0. The van der Waals surface area contributed by atoms with Gasteiger partial charge in [-0.15, -0.1) is 0 Å². The lowest BCUT2D eigenvalue weighted by molar-refractivity contribution is -0.136. The Bertz CT molecular complexity index is 1060. The molecule has 0 fully saturated rings. The van der Waals surface area contributed by atoms with Crippen molar-refractivity contribution < 1.29 is 20.2 Å². The third-order valence-corrected chi connectivity index (χ3v) is 5.57. The lowest BCUT2D eigenvalue weighted by atomic mass is 9.63. The van der Waals surface area contributed by atoms with Gasteiger partial charge in [0.05, 0.1) is 0 Å². The van der Waals surface area contributed by atoms with E-state index in [0.717, 1.165) is 12.8 Å². The lowest BCUT2D eigenvalue weighted by Gasteiger charge is -2.42. The number of amides is 1. The van der Waals surface area contributed by atoms with Crippen LogP contribution in [0.3, 0.4) is 0 Å². The van der Waals surface area contributed by atoms with Crippen LogP contribution in [0.4, 0.5) is 5.69 Å². The molecule has 148 valence electrons. The van der Waals surface area contributed by atoms with E-state index in [0.29, 0.717) is 5.69 Å². The predicted octanol–water partition coefficient (Wildman–Crippen LogP) is 5.31. The molecule has 0 aromatic heterocycles. The monoisotopic (exact) mass is 383 g/mol. The van der Waals surface area contributed by atoms with Gasteiger partial charge in [0.25, 0.3) is 5.91 Å². The number of anilines is 1. The Morgan fingerprint density at radius 3 is 2.21 bits per heavy atom. The number of rotatable bonds is 5. The Morgan fingerprint density at radius 2 is 1.61 bits per heavy atom. The van der Waals surface area contributed by atoms with Gasteiger partial charge < -0.3 is 10.4 Å². The van der Waals surface area contributed by atoms with Crippen molar-refractivity contribution in [2.45, 2.75) is 64.1 Å². The molecule has 0 saturated carbocycles. The molecule has 0 saturated heterocycles. The van der Waals surface area contributed by atoms with Crippen LogP contribution in [-0.4, -0.2) is 17.0 Å². The molecule has 2 aromatic rings. The van der Waals surface area contributed by atoms with Crippen molar-refractivity contribution in [3.05, 3.63) is 64.7 Å². The fraction of sp³-hybridized carbons (Fsp3) is 0.417. The molecule has 0 radical (unpaired) electrons. The third-order valence-electron chi connectivity index (χ3n) is 5.57. The van der Waals surface area contributed by atoms with Crippen molar-refractivity contribution in [2.75, 3.05) is 5.32 Å². The number of hydrogen-bond acceptors (Lipinski definition) is 2. The average molecular weight is 384 g/mol. The van der Waals surface area contributed by atoms with Gasteiger partial charge >= 0.3 is 5.97 Å². The van der Waals surface area contributed by atoms with Gasteiger partial charge in [-0.2, -0.15) is 0 Å². The van der Waals surface area contributed by atoms with Crippen molar-refractivity contribution in [3.8, 4) is 0 Å². The summed E-state index contributed by atoms with van der Waals surface area (Å²) in [5.74, 6) is -2.27. The fourth-order valence-corrected chi connectivity index (χ4v) is 3.70. The molecule has 4 nitrogen and oxygen atoms in total. The standard InChI is InChI=1S/C24H29NO3/c1-23(2)13-14-24(3,4)20-15-18(10-11-19(20)23)25-22(28)17-8-5-16(6-9-17)7-12-21(26)27/h5-6,8-11,15H,7,12-14H2,1-4H3,(H,25,28)(H,26,27)/i7D2,12D2. The van der Waals surface area contributed by atoms with Crippen LogP contribution in [0.25, 0.3) is 0 Å². The molecule has 0 heterocycles. The minimum Gasteiger partial charge on any atom is -0.481 e. The van der Waals surface area contributed by atoms with Crippen LogP contribution in [0.5, 0.6) is 0 Å². The molecule has 0 aliphatic heterocycles. The molecule has 2 aromatic carbocycles. The molecule has 1 aliphatic carbocycles. The molecule has 1 aliphatic rings. The summed E-state index contributed by atoms with van der Waals surface area (Å²) >= 11 is 0. The Hall–Kier alpha value is -2.62. The zero-order valence-corrected chi connectivity index (χ0v) is 16.7. The van der Waals surface area contributed by atoms with E-state index in [1.165, 1.54) is 35.4 Å². The quantitative estimate of drug-likeness (QED) is 0.736. The number of carbonyl (C=O) groups excluding carboxylic acids is 1. The van der Waals surface area contributed by atoms with Gasteiger partial charge in [0.1, 0.15) is 0 Å². The number of carbonyl (C=O) groups is 2. The topological polar surface area (TPSA) is 66.4 Å². The summed E-state index contributed by atoms with van der Waals surface area (Å²) in [6.45, 7) is 8.86. The van der Waals surface area contributed by atoms with Crippen molar-refractivity contribution in [3.63, 3.8) is 0 Å². The maximum absolute atomic E-state index is 12.8. The summed E-state index contributed by atoms with van der Waals surface area (Å²) < 4.78 is 31.0. The van der Waals surface area contributed by atoms with E-state index in [-0.39, 0.29) is 27.9 Å². The highest BCUT2D eigenvalue weighted by atomic mass is 16.4. The molecule has 0 atom stereocenters. The molecule has 1 amide bonds. The second-order valence-electron chi connectivity index (χ2n) is 8.61. The van der Waals surface area contributed by atoms with Crippen LogP contribution in [0, 0.1) is 0 Å². The lowest BCUT2D eigenvalue weighted by Crippen LogP contribution is -2.33. The molecule has 0 unspecified atom stereocenters. The zero-order valence-electron chi connectivity index (χ0n) is 20.7. The van der Waals surface area contributed by atoms with Gasteiger partial charge in [0.2, 0.25) is 0 Å². The highest BCUT2D eigenvalue weighted by Gasteiger charge is 2.37. The van der Waals surface area contributed by atoms with E-state index in [1.807, 2.05) is 12.1 Å². The van der Waals surface area contributed by atoms with E-state index in [4.69, 9.17) is 10.6 Å². The second-order valence-corrected chi connectivity index (χ2v) is 8.61. The third kappa shape index (κ3) is 4.27. The average Bonchev–Trinajstić information content (AvgIpc) is 2.71. The number of benzene rings is 2. The highest BCUT2D eigenvalue weighted by Crippen LogP contribution is 2.46. The Morgan fingerprint density at radius 1 is 1.00 bits per heavy atom. The summed E-state index contributed by atoms with van der Waals surface area (Å²) in [6.07, 6.45) is -3.72. The maximum Gasteiger partial charge on any atom is 0.303 e. The van der Waals surface area contributed by atoms with Crippen molar-refractivity contribution in [1.82, 2.24) is 0 Å². The van der Waals surface area contributed by atoms with E-state index in [2.05, 4.69) is 39.1 Å². The largest absolute Gasteiger partial charge is 0.481 e. The van der Waals surface area contributed by atoms with Crippen LogP contribution in [-0.2, 0) is 22.0 Å². The van der Waals surface area contributed by atoms with Gasteiger partial charge in [-0.1, -0.05) is 45.9 Å². The van der Waals surface area contributed by atoms with Gasteiger partial charge in [-0.25, -0.2) is 0 Å². The van der Waals surface area contributed by atoms with Crippen molar-refractivity contribution >= 4 is 17.6 Å². The summed E-state index contributed by atoms with van der Waals surface area (Å²) in [5.41, 5.74) is 3.35. The van der Waals surface area contributed by atoms with Crippen LogP contribution >= 0.6 is 0 Å². The summed E-state index contributed by atoms with van der Waals surface area (Å²) in [5, 5.41) is 11.9. The smallest absolute Gasteiger partial charge is 0.303 e. The predicted molar refractivity (Wildman–Crippen MR) is 112 cm³/mol. The van der Waals surface area contributed by atoms with Gasteiger partial charge in [0, 0.05) is 23.1 Å². The zero-order chi connectivity index (χ0) is 24.1. The van der Waals surface area contributed by atoms with Gasteiger partial charge in [-0.3, -0.25) is 9.59 Å². The molecule has 4 heteroatoms. The second kappa shape index (κ2) is 7.42. The molecule has 2 N–H and O–H groups in total. The van der Waals surface area contributed by atoms with E-state index in [1.54, 1.807) is 0 Å². The first-order valence-corrected chi connectivity index (χ1v) is 9.40. The number of carboxylic acid groups (broad SMARTS) is 1. The molecule has 0 spiro atoms. The first kappa shape index (κ1) is 15.3. The van der Waals surface area contributed by atoms with Crippen LogP contribution in [0.15, 0.2) is 42.5 Å². The number of fused-ring (bicyclic) bond motifs is 1. The summed E-state index contributed by atoms with van der Waals surface area (Å²) in [7, 11) is 0. The molecule has 3 rings (SSSR count). The Kier molecular flexibility index (Phi) is 4.06. The van der Waals surface area contributed by atoms with Crippen molar-refractivity contribution in [2.24, 2.45) is 0 Å². The van der Waals surface area contributed by atoms with E-state index < -0.39 is 18.7 Å². The highest BCUT2D eigenvalue weighted by molar-refractivity contribution is 6.04. The minimum atomic E-state index is -3.11. The molecule has 28 heavy (non-hydrogen) atoms.